The Labute approximate surface area is 150 Å². The molecule has 1 amide bonds. The second-order valence-corrected chi connectivity index (χ2v) is 7.51. The first-order valence-electron chi connectivity index (χ1n) is 7.84. The number of benzene rings is 1. The zero-order valence-corrected chi connectivity index (χ0v) is 14.9. The molecule has 0 atom stereocenters. The number of hydrogen-bond donors (Lipinski definition) is 2. The molecule has 1 saturated carbocycles. The fourth-order valence-corrected chi connectivity index (χ4v) is 3.99. The van der Waals surface area contributed by atoms with Gasteiger partial charge in [0.25, 0.3) is 5.91 Å². The number of aliphatic hydroxyl groups is 1. The van der Waals surface area contributed by atoms with Crippen LogP contribution >= 0.6 is 15.9 Å². The fraction of sp³-hybridized carbons (Fsp3) is 0.471. The molecule has 1 heterocycles. The predicted octanol–water partition coefficient (Wildman–Crippen LogP) is 4.79. The van der Waals surface area contributed by atoms with Crippen LogP contribution in [0.1, 0.15) is 36.8 Å². The molecule has 1 spiro atoms. The number of rotatable bonds is 1. The van der Waals surface area contributed by atoms with Crippen molar-refractivity contribution in [2.24, 2.45) is 5.92 Å². The first-order chi connectivity index (χ1) is 11.5. The molecule has 1 aromatic rings. The number of alkyl halides is 3. The van der Waals surface area contributed by atoms with E-state index >= 15 is 0 Å². The van der Waals surface area contributed by atoms with Crippen molar-refractivity contribution in [2.45, 2.75) is 44.3 Å². The minimum atomic E-state index is -4.27. The zero-order valence-electron chi connectivity index (χ0n) is 13.3. The number of hydrogen-bond acceptors (Lipinski definition) is 2. The van der Waals surface area contributed by atoms with Crippen LogP contribution in [0.5, 0.6) is 0 Å². The third-order valence-electron chi connectivity index (χ3n) is 5.11. The molecule has 8 heteroatoms. The summed E-state index contributed by atoms with van der Waals surface area (Å²) in [5.74, 6) is -2.72. The average molecular weight is 422 g/mol. The number of halogens is 5. The minimum Gasteiger partial charge on any atom is -0.509 e. The monoisotopic (exact) mass is 421 g/mol. The van der Waals surface area contributed by atoms with Crippen molar-refractivity contribution < 1.29 is 27.5 Å². The van der Waals surface area contributed by atoms with Gasteiger partial charge in [-0.3, -0.25) is 4.79 Å². The van der Waals surface area contributed by atoms with Crippen LogP contribution in [0, 0.1) is 18.7 Å². The van der Waals surface area contributed by atoms with Crippen molar-refractivity contribution in [2.75, 3.05) is 0 Å². The summed E-state index contributed by atoms with van der Waals surface area (Å²) < 4.78 is 52.3. The first-order valence-corrected chi connectivity index (χ1v) is 8.63. The van der Waals surface area contributed by atoms with Crippen LogP contribution in [-0.2, 0) is 4.79 Å². The van der Waals surface area contributed by atoms with Gasteiger partial charge >= 0.3 is 6.18 Å². The predicted molar refractivity (Wildman–Crippen MR) is 87.3 cm³/mol. The maximum Gasteiger partial charge on any atom is 0.391 e. The second-order valence-electron chi connectivity index (χ2n) is 6.66. The van der Waals surface area contributed by atoms with Crippen LogP contribution in [0.15, 0.2) is 22.4 Å². The molecule has 2 N–H and O–H groups in total. The summed E-state index contributed by atoms with van der Waals surface area (Å²) in [6, 6.07) is 2.63. The van der Waals surface area contributed by atoms with Crippen molar-refractivity contribution in [3.8, 4) is 0 Å². The summed E-state index contributed by atoms with van der Waals surface area (Å²) in [6.07, 6.45) is -4.56. The van der Waals surface area contributed by atoms with E-state index < -0.39 is 29.4 Å². The van der Waals surface area contributed by atoms with Crippen molar-refractivity contribution in [1.82, 2.24) is 5.32 Å². The Morgan fingerprint density at radius 2 is 1.88 bits per heavy atom. The number of carbonyl (C=O) groups excluding carboxylic acids is 1. The van der Waals surface area contributed by atoms with E-state index in [1.165, 1.54) is 12.1 Å². The number of carbonyl (C=O) groups is 1. The lowest BCUT2D eigenvalue weighted by Gasteiger charge is -2.37. The molecule has 0 unspecified atom stereocenters. The van der Waals surface area contributed by atoms with Crippen LogP contribution in [-0.4, -0.2) is 22.7 Å². The van der Waals surface area contributed by atoms with E-state index in [0.717, 1.165) is 0 Å². The van der Waals surface area contributed by atoms with Gasteiger partial charge in [-0.1, -0.05) is 0 Å². The highest BCUT2D eigenvalue weighted by Gasteiger charge is 2.52. The molecule has 0 saturated heterocycles. The van der Waals surface area contributed by atoms with Gasteiger partial charge in [0.15, 0.2) is 0 Å². The van der Waals surface area contributed by atoms with E-state index in [2.05, 4.69) is 21.2 Å². The summed E-state index contributed by atoms with van der Waals surface area (Å²) in [7, 11) is 0. The Balaban J connectivity index is 1.97. The Bertz CT molecular complexity index is 765. The summed E-state index contributed by atoms with van der Waals surface area (Å²) in [5.41, 5.74) is -0.346. The van der Waals surface area contributed by atoms with Crippen LogP contribution in [0.3, 0.4) is 0 Å². The highest BCUT2D eigenvalue weighted by atomic mass is 79.9. The first kappa shape index (κ1) is 18.2. The molecular weight excluding hydrogens is 406 g/mol. The molecule has 1 fully saturated rings. The molecule has 2 aliphatic rings. The van der Waals surface area contributed by atoms with E-state index in [1.54, 1.807) is 6.92 Å². The Hall–Kier alpha value is -1.57. The lowest BCUT2D eigenvalue weighted by atomic mass is 9.75. The lowest BCUT2D eigenvalue weighted by Crippen LogP contribution is -2.48. The third-order valence-corrected chi connectivity index (χ3v) is 5.72. The van der Waals surface area contributed by atoms with Gasteiger partial charge in [-0.2, -0.15) is 13.2 Å². The molecule has 0 aromatic heterocycles. The second kappa shape index (κ2) is 6.00. The van der Waals surface area contributed by atoms with Gasteiger partial charge in [0, 0.05) is 0 Å². The van der Waals surface area contributed by atoms with Crippen LogP contribution in [0.25, 0.3) is 5.57 Å². The third kappa shape index (κ3) is 3.05. The van der Waals surface area contributed by atoms with Crippen molar-refractivity contribution >= 4 is 27.4 Å². The Kier molecular flexibility index (Phi) is 4.38. The number of amides is 1. The molecule has 3 nitrogen and oxygen atoms in total. The number of nitrogens with one attached hydrogen (secondary N) is 1. The van der Waals surface area contributed by atoms with Gasteiger partial charge in [0.1, 0.15) is 11.6 Å². The van der Waals surface area contributed by atoms with Crippen LogP contribution < -0.4 is 5.32 Å². The van der Waals surface area contributed by atoms with Gasteiger partial charge in [-0.05, 0) is 71.8 Å². The molecule has 25 heavy (non-hydrogen) atoms. The van der Waals surface area contributed by atoms with Crippen molar-refractivity contribution in [1.29, 1.82) is 0 Å². The largest absolute Gasteiger partial charge is 0.509 e. The maximum absolute atomic E-state index is 13.6. The molecule has 3 rings (SSSR count). The summed E-state index contributed by atoms with van der Waals surface area (Å²) in [4.78, 5) is 12.4. The highest BCUT2D eigenvalue weighted by Crippen LogP contribution is 2.47. The number of aliphatic hydroxyl groups excluding tert-OH is 1. The van der Waals surface area contributed by atoms with E-state index in [1.807, 2.05) is 0 Å². The maximum atomic E-state index is 13.6. The normalized spacial score (nSPS) is 27.1. The highest BCUT2D eigenvalue weighted by molar-refractivity contribution is 9.10. The van der Waals surface area contributed by atoms with Gasteiger partial charge in [-0.25, -0.2) is 4.39 Å². The summed E-state index contributed by atoms with van der Waals surface area (Å²) in [6.45, 7) is 1.60. The van der Waals surface area contributed by atoms with E-state index in [-0.39, 0.29) is 41.5 Å². The smallest absolute Gasteiger partial charge is 0.391 e. The molecule has 1 aliphatic heterocycles. The van der Waals surface area contributed by atoms with Crippen molar-refractivity contribution in [3.63, 3.8) is 0 Å². The van der Waals surface area contributed by atoms with Crippen LogP contribution in [0.4, 0.5) is 17.6 Å². The van der Waals surface area contributed by atoms with Crippen molar-refractivity contribution in [3.05, 3.63) is 39.3 Å². The zero-order chi connectivity index (χ0) is 18.6. The number of aryl methyl sites for hydroxylation is 1. The SMILES string of the molecule is Cc1cc(F)c(Br)cc1C1=C(O)C2(CCC(C(F)(F)F)CC2)NC1=O. The van der Waals surface area contributed by atoms with E-state index in [0.29, 0.717) is 11.1 Å². The summed E-state index contributed by atoms with van der Waals surface area (Å²) >= 11 is 3.05. The standard InChI is InChI=1S/C17H16BrF4NO2/c1-8-6-12(19)11(18)7-10(8)13-14(24)16(23-15(13)25)4-2-9(3-5-16)17(20,21)22/h6-7,9,24H,2-5H2,1H3,(H,23,25). The lowest BCUT2D eigenvalue weighted by molar-refractivity contribution is -0.184. The molecule has 1 aliphatic carbocycles. The van der Waals surface area contributed by atoms with Gasteiger partial charge in [-0.15, -0.1) is 0 Å². The quantitative estimate of drug-likeness (QED) is 0.640. The Morgan fingerprint density at radius 3 is 2.44 bits per heavy atom. The topological polar surface area (TPSA) is 49.3 Å². The molecule has 0 bridgehead atoms. The summed E-state index contributed by atoms with van der Waals surface area (Å²) in [5, 5.41) is 13.3. The van der Waals surface area contributed by atoms with Gasteiger partial charge in [0.2, 0.25) is 0 Å². The Morgan fingerprint density at radius 1 is 1.28 bits per heavy atom. The minimum absolute atomic E-state index is 0.00339. The van der Waals surface area contributed by atoms with E-state index in [4.69, 9.17) is 0 Å². The molecule has 136 valence electrons. The van der Waals surface area contributed by atoms with Crippen LogP contribution in [0.2, 0.25) is 0 Å². The van der Waals surface area contributed by atoms with E-state index in [9.17, 15) is 27.5 Å². The van der Waals surface area contributed by atoms with Gasteiger partial charge in [0.05, 0.1) is 21.5 Å². The molecular formula is C17H16BrF4NO2. The fourth-order valence-electron chi connectivity index (χ4n) is 3.65. The molecule has 0 radical (unpaired) electrons. The average Bonchev–Trinajstić information content (AvgIpc) is 2.74. The molecule has 1 aromatic carbocycles. The van der Waals surface area contributed by atoms with Gasteiger partial charge < -0.3 is 10.4 Å².